The first-order chi connectivity index (χ1) is 8.31. The molecule has 3 heteroatoms. The molecular weight excluding hydrogens is 228 g/mol. The van der Waals surface area contributed by atoms with Crippen molar-refractivity contribution in [2.45, 2.75) is 24.2 Å². The van der Waals surface area contributed by atoms with Gasteiger partial charge in [0.2, 0.25) is 0 Å². The fourth-order valence-corrected chi connectivity index (χ4v) is 3.57. The van der Waals surface area contributed by atoms with Gasteiger partial charge in [-0.3, -0.25) is 0 Å². The lowest BCUT2D eigenvalue weighted by Crippen LogP contribution is -2.22. The maximum absolute atomic E-state index is 3.50. The highest BCUT2D eigenvalue weighted by Gasteiger charge is 2.41. The fourth-order valence-electron chi connectivity index (χ4n) is 2.70. The van der Waals surface area contributed by atoms with E-state index in [1.807, 2.05) is 11.8 Å². The predicted molar refractivity (Wildman–Crippen MR) is 75.0 cm³/mol. The molecule has 1 aromatic rings. The number of fused-ring (bicyclic) bond motifs is 1. The zero-order chi connectivity index (χ0) is 11.7. The first-order valence-corrected chi connectivity index (χ1v) is 7.44. The van der Waals surface area contributed by atoms with E-state index in [4.69, 9.17) is 0 Å². The number of hydrogen-bond acceptors (Lipinski definition) is 3. The molecule has 92 valence electrons. The lowest BCUT2D eigenvalue weighted by Gasteiger charge is -2.20. The van der Waals surface area contributed by atoms with Gasteiger partial charge >= 0.3 is 0 Å². The van der Waals surface area contributed by atoms with Gasteiger partial charge in [0.25, 0.3) is 0 Å². The van der Waals surface area contributed by atoms with E-state index in [-0.39, 0.29) is 0 Å². The van der Waals surface area contributed by atoms with Gasteiger partial charge in [-0.1, -0.05) is 6.07 Å². The average molecular weight is 248 g/mol. The molecule has 1 fully saturated rings. The van der Waals surface area contributed by atoms with Crippen LogP contribution < -0.4 is 10.6 Å². The number of nitrogens with one attached hydrogen (secondary N) is 2. The van der Waals surface area contributed by atoms with Crippen molar-refractivity contribution in [3.05, 3.63) is 23.8 Å². The Balaban J connectivity index is 1.75. The van der Waals surface area contributed by atoms with E-state index in [1.54, 1.807) is 0 Å². The zero-order valence-corrected chi connectivity index (χ0v) is 11.2. The van der Waals surface area contributed by atoms with Gasteiger partial charge in [-0.15, -0.1) is 11.8 Å². The molecule has 1 aliphatic heterocycles. The molecule has 2 N–H and O–H groups in total. The van der Waals surface area contributed by atoms with Crippen molar-refractivity contribution in [1.29, 1.82) is 0 Å². The third kappa shape index (κ3) is 2.45. The van der Waals surface area contributed by atoms with Gasteiger partial charge < -0.3 is 10.6 Å². The van der Waals surface area contributed by atoms with Crippen molar-refractivity contribution in [3.63, 3.8) is 0 Å². The van der Waals surface area contributed by atoms with Crippen molar-refractivity contribution in [2.24, 2.45) is 5.41 Å². The van der Waals surface area contributed by atoms with Crippen molar-refractivity contribution >= 4 is 17.4 Å². The van der Waals surface area contributed by atoms with Gasteiger partial charge in [0.1, 0.15) is 0 Å². The first kappa shape index (κ1) is 11.4. The molecule has 2 nitrogen and oxygen atoms in total. The van der Waals surface area contributed by atoms with Gasteiger partial charge in [0, 0.05) is 29.4 Å². The second kappa shape index (κ2) is 4.54. The number of anilines is 1. The Morgan fingerprint density at radius 1 is 1.41 bits per heavy atom. The Hall–Kier alpha value is -0.670. The highest BCUT2D eigenvalue weighted by Crippen LogP contribution is 2.48. The molecule has 17 heavy (non-hydrogen) atoms. The Morgan fingerprint density at radius 2 is 2.29 bits per heavy atom. The van der Waals surface area contributed by atoms with Crippen molar-refractivity contribution in [1.82, 2.24) is 5.32 Å². The molecule has 0 aromatic heterocycles. The number of benzene rings is 1. The number of thioether (sulfide) groups is 1. The molecule has 1 aliphatic carbocycles. The summed E-state index contributed by atoms with van der Waals surface area (Å²) in [4.78, 5) is 1.42. The van der Waals surface area contributed by atoms with Crippen molar-refractivity contribution in [2.75, 3.05) is 31.2 Å². The summed E-state index contributed by atoms with van der Waals surface area (Å²) in [6, 6.07) is 6.96. The number of rotatable bonds is 4. The molecule has 1 saturated carbocycles. The van der Waals surface area contributed by atoms with E-state index < -0.39 is 0 Å². The molecule has 1 heterocycles. The fraction of sp³-hybridized carbons (Fsp3) is 0.571. The maximum Gasteiger partial charge on any atom is 0.0481 e. The van der Waals surface area contributed by atoms with Crippen LogP contribution in [0.4, 0.5) is 5.69 Å². The summed E-state index contributed by atoms with van der Waals surface area (Å²) in [5.41, 5.74) is 3.40. The van der Waals surface area contributed by atoms with E-state index in [0.29, 0.717) is 5.41 Å². The minimum Gasteiger partial charge on any atom is -0.383 e. The molecule has 0 radical (unpaired) electrons. The van der Waals surface area contributed by atoms with E-state index in [1.165, 1.54) is 41.2 Å². The predicted octanol–water partition coefficient (Wildman–Crippen LogP) is 2.75. The molecule has 2 aliphatic rings. The summed E-state index contributed by atoms with van der Waals surface area (Å²) >= 11 is 1.97. The molecule has 3 rings (SSSR count). The zero-order valence-electron chi connectivity index (χ0n) is 10.4. The van der Waals surface area contributed by atoms with Gasteiger partial charge in [-0.2, -0.15) is 0 Å². The molecule has 0 bridgehead atoms. The topological polar surface area (TPSA) is 24.1 Å². The minimum absolute atomic E-state index is 0.560. The molecule has 0 spiro atoms. The van der Waals surface area contributed by atoms with Crippen LogP contribution >= 0.6 is 11.8 Å². The van der Waals surface area contributed by atoms with Crippen molar-refractivity contribution < 1.29 is 0 Å². The second-order valence-corrected chi connectivity index (χ2v) is 6.45. The van der Waals surface area contributed by atoms with Gasteiger partial charge in [0.15, 0.2) is 0 Å². The van der Waals surface area contributed by atoms with Gasteiger partial charge in [0.05, 0.1) is 0 Å². The highest BCUT2D eigenvalue weighted by atomic mass is 32.2. The Labute approximate surface area is 108 Å². The monoisotopic (exact) mass is 248 g/mol. The van der Waals surface area contributed by atoms with Crippen LogP contribution in [0.15, 0.2) is 23.1 Å². The smallest absolute Gasteiger partial charge is 0.0481 e. The molecule has 1 aromatic carbocycles. The third-order valence-corrected chi connectivity index (χ3v) is 4.88. The molecule has 0 unspecified atom stereocenters. The van der Waals surface area contributed by atoms with Gasteiger partial charge in [-0.05, 0) is 49.4 Å². The maximum atomic E-state index is 3.50. The SMILES string of the molecule is CNCC1(Cc2ccc3c(c2)NCCS3)CC1. The van der Waals surface area contributed by atoms with Crippen LogP contribution in [0.25, 0.3) is 0 Å². The normalized spacial score (nSPS) is 20.5. The van der Waals surface area contributed by atoms with E-state index in [9.17, 15) is 0 Å². The Morgan fingerprint density at radius 3 is 3.06 bits per heavy atom. The Kier molecular flexibility index (Phi) is 3.05. The molecular formula is C14H20N2S. The molecule has 0 saturated heterocycles. The van der Waals surface area contributed by atoms with Gasteiger partial charge in [-0.25, -0.2) is 0 Å². The highest BCUT2D eigenvalue weighted by molar-refractivity contribution is 7.99. The summed E-state index contributed by atoms with van der Waals surface area (Å²) in [5, 5.41) is 6.84. The second-order valence-electron chi connectivity index (χ2n) is 5.31. The van der Waals surface area contributed by atoms with E-state index >= 15 is 0 Å². The minimum atomic E-state index is 0.560. The third-order valence-electron chi connectivity index (χ3n) is 3.81. The summed E-state index contributed by atoms with van der Waals surface area (Å²) in [6.07, 6.45) is 3.99. The van der Waals surface area contributed by atoms with Crippen LogP contribution in [0.3, 0.4) is 0 Å². The van der Waals surface area contributed by atoms with Crippen LogP contribution in [-0.2, 0) is 6.42 Å². The van der Waals surface area contributed by atoms with Crippen LogP contribution in [0.2, 0.25) is 0 Å². The average Bonchev–Trinajstić information content (AvgIpc) is 3.09. The van der Waals surface area contributed by atoms with E-state index in [0.717, 1.165) is 13.1 Å². The molecule has 0 atom stereocenters. The Bertz CT molecular complexity index is 413. The van der Waals surface area contributed by atoms with Crippen LogP contribution in [0, 0.1) is 5.41 Å². The quantitative estimate of drug-likeness (QED) is 0.857. The summed E-state index contributed by atoms with van der Waals surface area (Å²) in [5.74, 6) is 1.19. The van der Waals surface area contributed by atoms with Crippen LogP contribution in [0.5, 0.6) is 0 Å². The summed E-state index contributed by atoms with van der Waals surface area (Å²) < 4.78 is 0. The van der Waals surface area contributed by atoms with Crippen molar-refractivity contribution in [3.8, 4) is 0 Å². The summed E-state index contributed by atoms with van der Waals surface area (Å²) in [7, 11) is 2.06. The lowest BCUT2D eigenvalue weighted by atomic mass is 9.96. The first-order valence-electron chi connectivity index (χ1n) is 6.46. The molecule has 0 amide bonds. The van der Waals surface area contributed by atoms with Crippen LogP contribution in [0.1, 0.15) is 18.4 Å². The standard InChI is InChI=1S/C14H20N2S/c1-15-10-14(4-5-14)9-11-2-3-13-12(8-11)16-6-7-17-13/h2-3,8,15-16H,4-7,9-10H2,1H3. The largest absolute Gasteiger partial charge is 0.383 e. The lowest BCUT2D eigenvalue weighted by molar-refractivity contribution is 0.478. The summed E-state index contributed by atoms with van der Waals surface area (Å²) in [6.45, 7) is 2.26. The number of hydrogen-bond donors (Lipinski definition) is 2. The van der Waals surface area contributed by atoms with Crippen LogP contribution in [-0.4, -0.2) is 25.9 Å². The van der Waals surface area contributed by atoms with E-state index in [2.05, 4.69) is 35.9 Å².